The van der Waals surface area contributed by atoms with Gasteiger partial charge in [-0.15, -0.1) is 0 Å². The molecule has 0 unspecified atom stereocenters. The maximum Gasteiger partial charge on any atom is 0.0561 e. The summed E-state index contributed by atoms with van der Waals surface area (Å²) in [4.78, 5) is 2.50. The van der Waals surface area contributed by atoms with Crippen molar-refractivity contribution in [2.45, 2.75) is 32.7 Å². The maximum atomic E-state index is 4.49. The number of nitrogens with zero attached hydrogens (tertiary/aromatic N) is 2. The highest BCUT2D eigenvalue weighted by Gasteiger charge is 2.16. The third-order valence-corrected chi connectivity index (χ3v) is 3.22. The van der Waals surface area contributed by atoms with E-state index in [1.165, 1.54) is 5.71 Å². The second-order valence-corrected chi connectivity index (χ2v) is 4.79. The number of nitrogens with one attached hydrogen (secondary N) is 1. The van der Waals surface area contributed by atoms with Crippen molar-refractivity contribution in [2.24, 2.45) is 5.10 Å². The van der Waals surface area contributed by atoms with Crippen LogP contribution in [0.15, 0.2) is 35.4 Å². The van der Waals surface area contributed by atoms with Gasteiger partial charge in [0.2, 0.25) is 0 Å². The predicted octanol–water partition coefficient (Wildman–Crippen LogP) is 2.96. The lowest BCUT2D eigenvalue weighted by Crippen LogP contribution is -2.38. The topological polar surface area (TPSA) is 27.6 Å². The molecule has 0 radical (unpaired) electrons. The molecule has 0 atom stereocenters. The highest BCUT2D eigenvalue weighted by atomic mass is 15.3. The van der Waals surface area contributed by atoms with Crippen molar-refractivity contribution < 1.29 is 0 Å². The summed E-state index contributed by atoms with van der Waals surface area (Å²) in [7, 11) is 0. The molecule has 1 aliphatic heterocycles. The minimum atomic E-state index is 0.652. The zero-order chi connectivity index (χ0) is 12.1. The largest absolute Gasteiger partial charge is 0.300 e. The number of anilines is 1. The molecule has 3 nitrogen and oxygen atoms in total. The Balaban J connectivity index is 1.85. The normalized spacial score (nSPS) is 17.2. The molecule has 3 heteroatoms. The number of benzene rings is 1. The number of hydrogen-bond donors (Lipinski definition) is 1. The fraction of sp³-hybridized carbons (Fsp3) is 0.500. The first kappa shape index (κ1) is 12.1. The van der Waals surface area contributed by atoms with Crippen LogP contribution in [0.25, 0.3) is 0 Å². The van der Waals surface area contributed by atoms with Gasteiger partial charge in [-0.05, 0) is 26.0 Å². The number of piperidine rings is 1. The lowest BCUT2D eigenvalue weighted by atomic mass is 10.1. The number of rotatable bonds is 3. The number of hydrazone groups is 1. The second-order valence-electron chi connectivity index (χ2n) is 4.79. The number of hydrogen-bond acceptors (Lipinski definition) is 3. The Morgan fingerprint density at radius 2 is 1.76 bits per heavy atom. The zero-order valence-electron chi connectivity index (χ0n) is 10.7. The summed E-state index contributed by atoms with van der Waals surface area (Å²) in [6, 6.07) is 10.8. The van der Waals surface area contributed by atoms with E-state index in [9.17, 15) is 0 Å². The molecule has 2 rings (SSSR count). The molecule has 1 aromatic rings. The average molecular weight is 231 g/mol. The van der Waals surface area contributed by atoms with E-state index >= 15 is 0 Å². The van der Waals surface area contributed by atoms with Crippen LogP contribution in [0.5, 0.6) is 0 Å². The van der Waals surface area contributed by atoms with E-state index in [-0.39, 0.29) is 0 Å². The van der Waals surface area contributed by atoms with Gasteiger partial charge >= 0.3 is 0 Å². The van der Waals surface area contributed by atoms with Crippen LogP contribution in [-0.4, -0.2) is 29.7 Å². The molecule has 1 N–H and O–H groups in total. The fourth-order valence-corrected chi connectivity index (χ4v) is 2.07. The van der Waals surface area contributed by atoms with Gasteiger partial charge in [-0.2, -0.15) is 5.10 Å². The SMILES string of the molecule is CC(C)N1CCC(=NNc2ccccc2)CC1. The van der Waals surface area contributed by atoms with Crippen LogP contribution in [0.2, 0.25) is 0 Å². The van der Waals surface area contributed by atoms with Crippen molar-refractivity contribution >= 4 is 11.4 Å². The van der Waals surface area contributed by atoms with E-state index < -0.39 is 0 Å². The molecule has 1 saturated heterocycles. The third kappa shape index (κ3) is 3.56. The van der Waals surface area contributed by atoms with Gasteiger partial charge in [0, 0.05) is 37.7 Å². The molecule has 0 saturated carbocycles. The fourth-order valence-electron chi connectivity index (χ4n) is 2.07. The van der Waals surface area contributed by atoms with Crippen molar-refractivity contribution in [1.82, 2.24) is 4.90 Å². The van der Waals surface area contributed by atoms with Gasteiger partial charge in [0.25, 0.3) is 0 Å². The quantitative estimate of drug-likeness (QED) is 0.810. The third-order valence-electron chi connectivity index (χ3n) is 3.22. The van der Waals surface area contributed by atoms with Gasteiger partial charge in [-0.3, -0.25) is 5.43 Å². The molecule has 92 valence electrons. The van der Waals surface area contributed by atoms with Crippen molar-refractivity contribution in [2.75, 3.05) is 18.5 Å². The number of likely N-dealkylation sites (tertiary alicyclic amines) is 1. The van der Waals surface area contributed by atoms with Crippen LogP contribution < -0.4 is 5.43 Å². The van der Waals surface area contributed by atoms with Gasteiger partial charge in [0.1, 0.15) is 0 Å². The van der Waals surface area contributed by atoms with Crippen molar-refractivity contribution in [3.05, 3.63) is 30.3 Å². The van der Waals surface area contributed by atoms with Crippen LogP contribution in [0.4, 0.5) is 5.69 Å². The minimum absolute atomic E-state index is 0.652. The molecule has 17 heavy (non-hydrogen) atoms. The molecular weight excluding hydrogens is 210 g/mol. The van der Waals surface area contributed by atoms with E-state index in [1.807, 2.05) is 30.3 Å². The molecule has 0 aromatic heterocycles. The zero-order valence-corrected chi connectivity index (χ0v) is 10.7. The molecule has 1 aromatic carbocycles. The lowest BCUT2D eigenvalue weighted by molar-refractivity contribution is 0.222. The van der Waals surface area contributed by atoms with E-state index in [4.69, 9.17) is 0 Å². The van der Waals surface area contributed by atoms with Crippen LogP contribution in [-0.2, 0) is 0 Å². The Kier molecular flexibility index (Phi) is 4.15. The molecule has 0 bridgehead atoms. The molecule has 0 amide bonds. The van der Waals surface area contributed by atoms with Gasteiger partial charge < -0.3 is 4.90 Å². The van der Waals surface area contributed by atoms with Gasteiger partial charge in [0.15, 0.2) is 0 Å². The summed E-state index contributed by atoms with van der Waals surface area (Å²) in [5, 5.41) is 4.49. The van der Waals surface area contributed by atoms with Gasteiger partial charge in [-0.1, -0.05) is 18.2 Å². The Morgan fingerprint density at radius 3 is 2.35 bits per heavy atom. The second kappa shape index (κ2) is 5.82. The van der Waals surface area contributed by atoms with Crippen LogP contribution >= 0.6 is 0 Å². The highest BCUT2D eigenvalue weighted by molar-refractivity contribution is 5.86. The summed E-state index contributed by atoms with van der Waals surface area (Å²) in [5.41, 5.74) is 5.47. The summed E-state index contributed by atoms with van der Waals surface area (Å²) in [6.45, 7) is 6.77. The molecule has 0 aliphatic carbocycles. The molecule has 0 spiro atoms. The monoisotopic (exact) mass is 231 g/mol. The molecule has 1 heterocycles. The first-order valence-corrected chi connectivity index (χ1v) is 6.36. The first-order valence-electron chi connectivity index (χ1n) is 6.36. The van der Waals surface area contributed by atoms with Gasteiger partial charge in [0.05, 0.1) is 5.69 Å². The van der Waals surface area contributed by atoms with Crippen molar-refractivity contribution in [3.8, 4) is 0 Å². The van der Waals surface area contributed by atoms with E-state index in [2.05, 4.69) is 29.3 Å². The van der Waals surface area contributed by atoms with Crippen LogP contribution in [0.3, 0.4) is 0 Å². The Hall–Kier alpha value is -1.35. The maximum absolute atomic E-state index is 4.49. The van der Waals surface area contributed by atoms with Gasteiger partial charge in [-0.25, -0.2) is 0 Å². The van der Waals surface area contributed by atoms with Crippen molar-refractivity contribution in [1.29, 1.82) is 0 Å². The Bertz CT molecular complexity index is 360. The van der Waals surface area contributed by atoms with E-state index in [0.717, 1.165) is 31.6 Å². The summed E-state index contributed by atoms with van der Waals surface area (Å²) >= 11 is 0. The highest BCUT2D eigenvalue weighted by Crippen LogP contribution is 2.11. The van der Waals surface area contributed by atoms with Crippen molar-refractivity contribution in [3.63, 3.8) is 0 Å². The Morgan fingerprint density at radius 1 is 1.12 bits per heavy atom. The summed E-state index contributed by atoms with van der Waals surface area (Å²) in [5.74, 6) is 0. The van der Waals surface area contributed by atoms with Crippen LogP contribution in [0.1, 0.15) is 26.7 Å². The first-order chi connectivity index (χ1) is 8.25. The summed E-state index contributed by atoms with van der Waals surface area (Å²) in [6.07, 6.45) is 2.16. The minimum Gasteiger partial charge on any atom is -0.300 e. The number of para-hydroxylation sites is 1. The average Bonchev–Trinajstić information content (AvgIpc) is 2.38. The van der Waals surface area contributed by atoms with Crippen LogP contribution in [0, 0.1) is 0 Å². The molecule has 1 aliphatic rings. The molecular formula is C14H21N3. The Labute approximate surface area is 104 Å². The smallest absolute Gasteiger partial charge is 0.0561 e. The van der Waals surface area contributed by atoms with E-state index in [0.29, 0.717) is 6.04 Å². The predicted molar refractivity (Wildman–Crippen MR) is 73.4 cm³/mol. The van der Waals surface area contributed by atoms with E-state index in [1.54, 1.807) is 0 Å². The molecule has 1 fully saturated rings. The summed E-state index contributed by atoms with van der Waals surface area (Å²) < 4.78 is 0. The standard InChI is InChI=1S/C14H21N3/c1-12(2)17-10-8-14(9-11-17)16-15-13-6-4-3-5-7-13/h3-7,12,15H,8-11H2,1-2H3. The lowest BCUT2D eigenvalue weighted by Gasteiger charge is -2.30.